The fourth-order valence-corrected chi connectivity index (χ4v) is 5.36. The lowest BCUT2D eigenvalue weighted by Crippen LogP contribution is -2.41. The molecule has 0 unspecified atom stereocenters. The number of aryl methyl sites for hydroxylation is 1. The van der Waals surface area contributed by atoms with E-state index in [1.807, 2.05) is 31.4 Å². The summed E-state index contributed by atoms with van der Waals surface area (Å²) in [6.07, 6.45) is 7.85. The summed E-state index contributed by atoms with van der Waals surface area (Å²) in [5.41, 5.74) is 3.16. The highest BCUT2D eigenvalue weighted by Crippen LogP contribution is 2.30. The Bertz CT molecular complexity index is 1440. The van der Waals surface area contributed by atoms with E-state index in [1.54, 1.807) is 18.3 Å². The van der Waals surface area contributed by atoms with Gasteiger partial charge in [0.05, 0.1) is 11.9 Å². The van der Waals surface area contributed by atoms with Gasteiger partial charge in [-0.15, -0.1) is 5.10 Å². The first kappa shape index (κ1) is 28.5. The first-order valence-corrected chi connectivity index (χ1v) is 14.5. The van der Waals surface area contributed by atoms with Crippen molar-refractivity contribution in [1.29, 1.82) is 0 Å². The lowest BCUT2D eigenvalue weighted by Gasteiger charge is -2.29. The van der Waals surface area contributed by atoms with E-state index in [0.29, 0.717) is 11.9 Å². The number of amides is 1. The van der Waals surface area contributed by atoms with Crippen molar-refractivity contribution in [2.75, 3.05) is 11.9 Å². The Morgan fingerprint density at radius 3 is 2.49 bits per heavy atom. The number of ether oxygens (including phenoxy) is 1. The van der Waals surface area contributed by atoms with Gasteiger partial charge in [0.15, 0.2) is 0 Å². The van der Waals surface area contributed by atoms with Gasteiger partial charge in [0.1, 0.15) is 22.8 Å². The number of carbonyl (C=O) groups is 1. The Kier molecular flexibility index (Phi) is 8.81. The van der Waals surface area contributed by atoms with Crippen molar-refractivity contribution >= 4 is 17.6 Å². The van der Waals surface area contributed by atoms with Crippen molar-refractivity contribution < 1.29 is 13.9 Å². The largest absolute Gasteiger partial charge is 0.444 e. The monoisotopic (exact) mass is 558 g/mol. The fraction of sp³-hybridized carbons (Fsp3) is 0.438. The molecule has 8 nitrogen and oxygen atoms in total. The Morgan fingerprint density at radius 2 is 1.78 bits per heavy atom. The van der Waals surface area contributed by atoms with Crippen molar-refractivity contribution in [2.24, 2.45) is 5.92 Å². The Morgan fingerprint density at radius 1 is 1.05 bits per heavy atom. The van der Waals surface area contributed by atoms with Gasteiger partial charge in [0.25, 0.3) is 0 Å². The summed E-state index contributed by atoms with van der Waals surface area (Å²) in [4.78, 5) is 21.8. The van der Waals surface area contributed by atoms with Crippen LogP contribution in [0.5, 0.6) is 0 Å². The van der Waals surface area contributed by atoms with Crippen LogP contribution in [0.2, 0.25) is 0 Å². The number of benzene rings is 2. The summed E-state index contributed by atoms with van der Waals surface area (Å²) >= 11 is 0. The molecule has 1 fully saturated rings. The van der Waals surface area contributed by atoms with Crippen molar-refractivity contribution in [2.45, 2.75) is 77.4 Å². The number of rotatable bonds is 9. The molecular weight excluding hydrogens is 519 g/mol. The molecule has 41 heavy (non-hydrogen) atoms. The number of halogens is 1. The zero-order valence-corrected chi connectivity index (χ0v) is 24.1. The lowest BCUT2D eigenvalue weighted by molar-refractivity contribution is 0.0487. The molecule has 1 amide bonds. The van der Waals surface area contributed by atoms with Gasteiger partial charge in [-0.2, -0.15) is 0 Å². The minimum absolute atomic E-state index is 0.113. The SMILES string of the molecule is CC(C)(C)OC(=O)NC1CCC(Cc2nc(-c3ccc(F)cc3)c3cnc(NCCCc4ccccc4)nn23)CC1. The second-order valence-corrected chi connectivity index (χ2v) is 11.8. The number of carbonyl (C=O) groups excluding carboxylic acids is 1. The van der Waals surface area contributed by atoms with E-state index in [0.717, 1.165) is 74.1 Å². The predicted octanol–water partition coefficient (Wildman–Crippen LogP) is 6.60. The first-order chi connectivity index (χ1) is 19.7. The molecule has 5 rings (SSSR count). The maximum Gasteiger partial charge on any atom is 0.407 e. The third-order valence-electron chi connectivity index (χ3n) is 7.38. The lowest BCUT2D eigenvalue weighted by atomic mass is 9.84. The van der Waals surface area contributed by atoms with Gasteiger partial charge < -0.3 is 15.4 Å². The van der Waals surface area contributed by atoms with Gasteiger partial charge in [-0.1, -0.05) is 30.3 Å². The zero-order valence-electron chi connectivity index (χ0n) is 24.1. The number of hydrogen-bond donors (Lipinski definition) is 2. The summed E-state index contributed by atoms with van der Waals surface area (Å²) in [7, 11) is 0. The van der Waals surface area contributed by atoms with Crippen molar-refractivity contribution in [1.82, 2.24) is 24.9 Å². The minimum Gasteiger partial charge on any atom is -0.444 e. The molecule has 0 radical (unpaired) electrons. The average molecular weight is 559 g/mol. The highest BCUT2D eigenvalue weighted by Gasteiger charge is 2.27. The maximum absolute atomic E-state index is 13.6. The standard InChI is InChI=1S/C32H39FN6O2/c1-32(2,3)41-31(40)36-26-17-11-23(12-18-26)20-28-37-29(24-13-15-25(33)16-14-24)27-21-35-30(38-39(27)28)34-19-7-10-22-8-5-4-6-9-22/h4-6,8-9,13-16,21,23,26H,7,10-12,17-20H2,1-3H3,(H,34,38)(H,36,40). The Hall–Kier alpha value is -4.01. The van der Waals surface area contributed by atoms with Crippen LogP contribution in [0.1, 0.15) is 64.3 Å². The topological polar surface area (TPSA) is 93.4 Å². The number of hydrogen-bond acceptors (Lipinski definition) is 6. The number of anilines is 1. The van der Waals surface area contributed by atoms with Gasteiger partial charge in [-0.05, 0) is 95.0 Å². The number of aromatic nitrogens is 4. The molecule has 1 aliphatic carbocycles. The maximum atomic E-state index is 13.6. The quantitative estimate of drug-likeness (QED) is 0.225. The summed E-state index contributed by atoms with van der Waals surface area (Å²) in [5, 5.41) is 11.2. The molecule has 0 saturated heterocycles. The van der Waals surface area contributed by atoms with Gasteiger partial charge in [0.2, 0.25) is 5.95 Å². The van der Waals surface area contributed by atoms with Crippen LogP contribution in [0, 0.1) is 11.7 Å². The van der Waals surface area contributed by atoms with Crippen molar-refractivity contribution in [3.63, 3.8) is 0 Å². The second-order valence-electron chi connectivity index (χ2n) is 11.8. The smallest absolute Gasteiger partial charge is 0.407 e. The van der Waals surface area contributed by atoms with Crippen LogP contribution < -0.4 is 10.6 Å². The van der Waals surface area contributed by atoms with E-state index in [4.69, 9.17) is 14.8 Å². The predicted molar refractivity (Wildman–Crippen MR) is 158 cm³/mol. The summed E-state index contributed by atoms with van der Waals surface area (Å²) in [6.45, 7) is 6.36. The molecule has 1 saturated carbocycles. The van der Waals surface area contributed by atoms with Crippen LogP contribution in [0.3, 0.4) is 0 Å². The summed E-state index contributed by atoms with van der Waals surface area (Å²) in [5.74, 6) is 1.54. The molecule has 216 valence electrons. The highest BCUT2D eigenvalue weighted by molar-refractivity contribution is 5.77. The minimum atomic E-state index is -0.511. The first-order valence-electron chi connectivity index (χ1n) is 14.5. The number of nitrogens with one attached hydrogen (secondary N) is 2. The molecule has 2 heterocycles. The molecule has 0 atom stereocenters. The van der Waals surface area contributed by atoms with E-state index in [9.17, 15) is 9.18 Å². The normalized spacial score (nSPS) is 17.4. The molecule has 4 aromatic rings. The Balaban J connectivity index is 1.28. The molecule has 0 spiro atoms. The molecule has 2 N–H and O–H groups in total. The van der Waals surface area contributed by atoms with E-state index < -0.39 is 5.60 Å². The molecule has 0 aliphatic heterocycles. The molecular formula is C32H39FN6O2. The zero-order chi connectivity index (χ0) is 28.8. The van der Waals surface area contributed by atoms with E-state index >= 15 is 0 Å². The van der Waals surface area contributed by atoms with Crippen LogP contribution in [-0.2, 0) is 17.6 Å². The molecule has 2 aromatic heterocycles. The third kappa shape index (κ3) is 7.80. The van der Waals surface area contributed by atoms with Crippen LogP contribution in [0.25, 0.3) is 16.8 Å². The van der Waals surface area contributed by atoms with Gasteiger partial charge in [0, 0.05) is 24.6 Å². The van der Waals surface area contributed by atoms with Crippen LogP contribution in [-0.4, -0.2) is 43.9 Å². The second kappa shape index (κ2) is 12.7. The van der Waals surface area contributed by atoms with Crippen LogP contribution in [0.4, 0.5) is 15.1 Å². The van der Waals surface area contributed by atoms with E-state index in [-0.39, 0.29) is 18.0 Å². The van der Waals surface area contributed by atoms with E-state index in [2.05, 4.69) is 39.9 Å². The molecule has 9 heteroatoms. The summed E-state index contributed by atoms with van der Waals surface area (Å²) < 4.78 is 20.9. The van der Waals surface area contributed by atoms with Gasteiger partial charge >= 0.3 is 6.09 Å². The van der Waals surface area contributed by atoms with Gasteiger partial charge in [-0.3, -0.25) is 0 Å². The number of alkyl carbamates (subject to hydrolysis) is 1. The summed E-state index contributed by atoms with van der Waals surface area (Å²) in [6, 6.07) is 16.9. The van der Waals surface area contributed by atoms with Crippen LogP contribution in [0.15, 0.2) is 60.8 Å². The van der Waals surface area contributed by atoms with Crippen molar-refractivity contribution in [3.05, 3.63) is 78.0 Å². The number of nitrogens with zero attached hydrogens (tertiary/aromatic N) is 4. The average Bonchev–Trinajstić information content (AvgIpc) is 3.29. The Labute approximate surface area is 240 Å². The molecule has 2 aromatic carbocycles. The highest BCUT2D eigenvalue weighted by atomic mass is 19.1. The number of imidazole rings is 1. The number of fused-ring (bicyclic) bond motifs is 1. The third-order valence-corrected chi connectivity index (χ3v) is 7.38. The van der Waals surface area contributed by atoms with Crippen LogP contribution >= 0.6 is 0 Å². The van der Waals surface area contributed by atoms with Crippen molar-refractivity contribution in [3.8, 4) is 11.3 Å². The molecule has 1 aliphatic rings. The van der Waals surface area contributed by atoms with Gasteiger partial charge in [-0.25, -0.2) is 23.7 Å². The van der Waals surface area contributed by atoms with E-state index in [1.165, 1.54) is 17.7 Å². The fourth-order valence-electron chi connectivity index (χ4n) is 5.36. The molecule has 0 bridgehead atoms.